The molecule has 2 aliphatic rings. The average Bonchev–Trinajstić information content (AvgIpc) is 2.74. The summed E-state index contributed by atoms with van der Waals surface area (Å²) >= 11 is 5.08. The Bertz CT molecular complexity index is 329. The normalized spacial score (nSPS) is 33.1. The van der Waals surface area contributed by atoms with Crippen molar-refractivity contribution in [2.45, 2.75) is 45.2 Å². The van der Waals surface area contributed by atoms with Crippen LogP contribution in [0.5, 0.6) is 0 Å². The Morgan fingerprint density at radius 2 is 2.32 bits per heavy atom. The second kappa shape index (κ2) is 8.55. The van der Waals surface area contributed by atoms with E-state index < -0.39 is 0 Å². The van der Waals surface area contributed by atoms with Crippen LogP contribution in [-0.4, -0.2) is 37.6 Å². The summed E-state index contributed by atoms with van der Waals surface area (Å²) in [6.45, 7) is 9.44. The average molecular weight is 288 g/mol. The topological polar surface area (TPSA) is 51.5 Å². The van der Waals surface area contributed by atoms with Crippen LogP contribution in [0, 0.1) is 17.2 Å². The van der Waals surface area contributed by atoms with Gasteiger partial charge in [0.1, 0.15) is 0 Å². The number of fused-ring (bicyclic) bond motifs is 1. The second-order valence-corrected chi connectivity index (χ2v) is 4.98. The monoisotopic (exact) mass is 287 g/mol. The number of halogens is 1. The summed E-state index contributed by atoms with van der Waals surface area (Å²) < 4.78 is 16.8. The van der Waals surface area contributed by atoms with Crippen molar-refractivity contribution in [1.29, 1.82) is 5.26 Å². The third-order valence-corrected chi connectivity index (χ3v) is 3.41. The van der Waals surface area contributed by atoms with Gasteiger partial charge in [0.15, 0.2) is 6.29 Å². The Hall–Kier alpha value is -0.600. The molecule has 0 aromatic carbocycles. The lowest BCUT2D eigenvalue weighted by molar-refractivity contribution is -0.224. The van der Waals surface area contributed by atoms with Gasteiger partial charge in [-0.2, -0.15) is 5.26 Å². The van der Waals surface area contributed by atoms with E-state index in [2.05, 4.69) is 6.58 Å². The van der Waals surface area contributed by atoms with Gasteiger partial charge in [-0.3, -0.25) is 0 Å². The van der Waals surface area contributed by atoms with Crippen LogP contribution >= 0.6 is 11.6 Å². The quantitative estimate of drug-likeness (QED) is 0.592. The van der Waals surface area contributed by atoms with Crippen molar-refractivity contribution < 1.29 is 14.2 Å². The number of hydrogen-bond donors (Lipinski definition) is 0. The summed E-state index contributed by atoms with van der Waals surface area (Å²) in [5, 5.41) is 7.73. The maximum absolute atomic E-state index is 7.73. The summed E-state index contributed by atoms with van der Waals surface area (Å²) in [5.41, 5.74) is 1.19. The minimum absolute atomic E-state index is 0.0744. The van der Waals surface area contributed by atoms with E-state index in [1.807, 2.05) is 19.9 Å². The molecule has 108 valence electrons. The van der Waals surface area contributed by atoms with Gasteiger partial charge >= 0.3 is 0 Å². The minimum atomic E-state index is -0.0744. The minimum Gasteiger partial charge on any atom is -0.371 e. The SMILES string of the molecule is C=C1COC2C(C)OC(OCC)CC12.N#CCCCl. The highest BCUT2D eigenvalue weighted by atomic mass is 35.5. The Morgan fingerprint density at radius 3 is 2.84 bits per heavy atom. The molecule has 0 spiro atoms. The van der Waals surface area contributed by atoms with Crippen LogP contribution in [0.4, 0.5) is 0 Å². The van der Waals surface area contributed by atoms with Gasteiger partial charge in [0, 0.05) is 31.2 Å². The maximum atomic E-state index is 7.73. The first-order valence-corrected chi connectivity index (χ1v) is 7.16. The van der Waals surface area contributed by atoms with Crippen LogP contribution in [0.25, 0.3) is 0 Å². The lowest BCUT2D eigenvalue weighted by Crippen LogP contribution is -2.42. The molecule has 0 bridgehead atoms. The summed E-state index contributed by atoms with van der Waals surface area (Å²) in [6.07, 6.45) is 1.59. The van der Waals surface area contributed by atoms with E-state index in [1.165, 1.54) is 5.57 Å². The fourth-order valence-corrected chi connectivity index (χ4v) is 2.42. The van der Waals surface area contributed by atoms with Crippen LogP contribution in [0.1, 0.15) is 26.7 Å². The summed E-state index contributed by atoms with van der Waals surface area (Å²) in [7, 11) is 0. The lowest BCUT2D eigenvalue weighted by atomic mass is 9.89. The number of hydrogen-bond acceptors (Lipinski definition) is 4. The van der Waals surface area contributed by atoms with Gasteiger partial charge in [-0.15, -0.1) is 11.6 Å². The van der Waals surface area contributed by atoms with E-state index in [4.69, 9.17) is 31.1 Å². The van der Waals surface area contributed by atoms with E-state index in [9.17, 15) is 0 Å². The van der Waals surface area contributed by atoms with Crippen molar-refractivity contribution in [2.75, 3.05) is 19.1 Å². The molecule has 0 amide bonds. The number of rotatable bonds is 3. The molecule has 4 atom stereocenters. The predicted octanol–water partition coefficient (Wildman–Crippen LogP) is 2.87. The first kappa shape index (κ1) is 16.5. The van der Waals surface area contributed by atoms with Crippen molar-refractivity contribution in [3.8, 4) is 6.07 Å². The number of alkyl halides is 1. The molecular formula is C14H22ClNO3. The highest BCUT2D eigenvalue weighted by molar-refractivity contribution is 6.17. The van der Waals surface area contributed by atoms with E-state index in [1.54, 1.807) is 0 Å². The van der Waals surface area contributed by atoms with E-state index in [0.29, 0.717) is 31.4 Å². The standard InChI is InChI=1S/C11H18O3.C3H4ClN/c1-4-12-10-5-9-7(2)6-13-11(9)8(3)14-10;4-2-1-3-5/h8-11H,2,4-6H2,1,3H3;1-2H2. The summed E-state index contributed by atoms with van der Waals surface area (Å²) in [4.78, 5) is 0. The molecule has 0 aromatic heterocycles. The zero-order valence-electron chi connectivity index (χ0n) is 11.6. The first-order chi connectivity index (χ1) is 9.13. The van der Waals surface area contributed by atoms with Gasteiger partial charge in [-0.25, -0.2) is 0 Å². The lowest BCUT2D eigenvalue weighted by Gasteiger charge is -2.35. The van der Waals surface area contributed by atoms with Gasteiger partial charge in [0.25, 0.3) is 0 Å². The Labute approximate surface area is 120 Å². The number of nitrogens with zero attached hydrogens (tertiary/aromatic N) is 1. The number of ether oxygens (including phenoxy) is 3. The molecule has 2 heterocycles. The molecule has 0 aliphatic carbocycles. The van der Waals surface area contributed by atoms with Crippen LogP contribution in [0.15, 0.2) is 12.2 Å². The molecule has 0 saturated carbocycles. The van der Waals surface area contributed by atoms with Crippen molar-refractivity contribution in [1.82, 2.24) is 0 Å². The van der Waals surface area contributed by atoms with E-state index >= 15 is 0 Å². The van der Waals surface area contributed by atoms with Gasteiger partial charge in [-0.05, 0) is 19.4 Å². The van der Waals surface area contributed by atoms with Crippen LogP contribution < -0.4 is 0 Å². The van der Waals surface area contributed by atoms with Crippen LogP contribution in [-0.2, 0) is 14.2 Å². The van der Waals surface area contributed by atoms with E-state index in [0.717, 1.165) is 6.42 Å². The van der Waals surface area contributed by atoms with Crippen LogP contribution in [0.2, 0.25) is 0 Å². The molecule has 0 N–H and O–H groups in total. The van der Waals surface area contributed by atoms with Crippen molar-refractivity contribution >= 4 is 11.6 Å². The molecular weight excluding hydrogens is 266 g/mol. The Morgan fingerprint density at radius 1 is 1.58 bits per heavy atom. The molecule has 4 unspecified atom stereocenters. The highest BCUT2D eigenvalue weighted by Crippen LogP contribution is 2.37. The third kappa shape index (κ3) is 4.77. The molecule has 2 saturated heterocycles. The van der Waals surface area contributed by atoms with Gasteiger partial charge < -0.3 is 14.2 Å². The fourth-order valence-electron chi connectivity index (χ4n) is 2.34. The fraction of sp³-hybridized carbons (Fsp3) is 0.786. The molecule has 2 aliphatic heterocycles. The number of nitriles is 1. The van der Waals surface area contributed by atoms with Gasteiger partial charge in [-0.1, -0.05) is 6.58 Å². The molecule has 19 heavy (non-hydrogen) atoms. The van der Waals surface area contributed by atoms with Gasteiger partial charge in [0.2, 0.25) is 0 Å². The van der Waals surface area contributed by atoms with Gasteiger partial charge in [0.05, 0.1) is 24.9 Å². The zero-order valence-corrected chi connectivity index (χ0v) is 12.4. The largest absolute Gasteiger partial charge is 0.371 e. The smallest absolute Gasteiger partial charge is 0.158 e. The van der Waals surface area contributed by atoms with Crippen molar-refractivity contribution in [3.63, 3.8) is 0 Å². The third-order valence-electron chi connectivity index (χ3n) is 3.22. The second-order valence-electron chi connectivity index (χ2n) is 4.60. The molecule has 2 rings (SSSR count). The van der Waals surface area contributed by atoms with Crippen molar-refractivity contribution in [2.24, 2.45) is 5.92 Å². The Kier molecular flexibility index (Phi) is 7.40. The van der Waals surface area contributed by atoms with E-state index in [-0.39, 0.29) is 18.5 Å². The molecule has 0 radical (unpaired) electrons. The Balaban J connectivity index is 0.000000312. The molecule has 5 heteroatoms. The zero-order chi connectivity index (χ0) is 14.3. The summed E-state index contributed by atoms with van der Waals surface area (Å²) in [5.74, 6) is 0.881. The molecule has 0 aromatic rings. The highest BCUT2D eigenvalue weighted by Gasteiger charge is 2.42. The maximum Gasteiger partial charge on any atom is 0.158 e. The van der Waals surface area contributed by atoms with Crippen LogP contribution in [0.3, 0.4) is 0 Å². The summed E-state index contributed by atoms with van der Waals surface area (Å²) in [6, 6.07) is 1.89. The molecule has 4 nitrogen and oxygen atoms in total. The molecule has 2 fully saturated rings. The predicted molar refractivity (Wildman–Crippen MR) is 73.9 cm³/mol. The first-order valence-electron chi connectivity index (χ1n) is 6.63. The van der Waals surface area contributed by atoms with Crippen molar-refractivity contribution in [3.05, 3.63) is 12.2 Å².